The second-order valence-corrected chi connectivity index (χ2v) is 12.8. The van der Waals surface area contributed by atoms with E-state index in [-0.39, 0.29) is 42.6 Å². The summed E-state index contributed by atoms with van der Waals surface area (Å²) in [6.07, 6.45) is 2.70. The Bertz CT molecular complexity index is 1890. The zero-order valence-corrected chi connectivity index (χ0v) is 26.6. The van der Waals surface area contributed by atoms with Crippen LogP contribution in [-0.2, 0) is 22.5 Å². The van der Waals surface area contributed by atoms with E-state index in [0.29, 0.717) is 61.2 Å². The van der Waals surface area contributed by atoms with Crippen LogP contribution in [0.4, 0.5) is 19.7 Å². The highest BCUT2D eigenvalue weighted by Gasteiger charge is 2.36. The molecule has 2 aromatic carbocycles. The molecule has 1 unspecified atom stereocenters. The molecule has 0 bridgehead atoms. The van der Waals surface area contributed by atoms with E-state index in [1.54, 1.807) is 39.1 Å². The molecule has 4 amide bonds. The molecule has 12 nitrogen and oxygen atoms in total. The lowest BCUT2D eigenvalue weighted by molar-refractivity contribution is -0.142. The number of aromatic nitrogens is 2. The van der Waals surface area contributed by atoms with E-state index in [1.165, 1.54) is 6.07 Å². The Morgan fingerprint density at radius 2 is 1.79 bits per heavy atom. The molecule has 0 aliphatic carbocycles. The summed E-state index contributed by atoms with van der Waals surface area (Å²) in [4.78, 5) is 64.4. The topological polar surface area (TPSA) is 141 Å². The van der Waals surface area contributed by atoms with E-state index < -0.39 is 23.8 Å². The fourth-order valence-electron chi connectivity index (χ4n) is 7.15. The number of para-hydroxylation sites is 1. The van der Waals surface area contributed by atoms with Gasteiger partial charge in [0.25, 0.3) is 5.91 Å². The number of piperidine rings is 2. The fourth-order valence-corrected chi connectivity index (χ4v) is 7.15. The maximum absolute atomic E-state index is 14.2. The summed E-state index contributed by atoms with van der Waals surface area (Å²) in [5.41, 5.74) is 4.35. The molecule has 3 aliphatic heterocycles. The highest BCUT2D eigenvalue weighted by molar-refractivity contribution is 5.92. The number of nitrogens with zero attached hydrogens (tertiary/aromatic N) is 4. The third-order valence-electron chi connectivity index (χ3n) is 9.74. The Labute approximate surface area is 275 Å². The average Bonchev–Trinajstić information content (AvgIpc) is 3.49. The molecule has 250 valence electrons. The van der Waals surface area contributed by atoms with Gasteiger partial charge < -0.3 is 29.2 Å². The molecule has 2 fully saturated rings. The smallest absolute Gasteiger partial charge is 0.417 e. The van der Waals surface area contributed by atoms with Gasteiger partial charge in [0.2, 0.25) is 0 Å². The van der Waals surface area contributed by atoms with Crippen molar-refractivity contribution >= 4 is 34.8 Å². The molecule has 5 heterocycles. The van der Waals surface area contributed by atoms with Crippen molar-refractivity contribution in [3.05, 3.63) is 93.5 Å². The van der Waals surface area contributed by atoms with Crippen molar-refractivity contribution < 1.29 is 27.9 Å². The van der Waals surface area contributed by atoms with Gasteiger partial charge in [-0.1, -0.05) is 24.3 Å². The van der Waals surface area contributed by atoms with Gasteiger partial charge in [-0.25, -0.2) is 18.8 Å². The molecule has 2 N–H and O–H groups in total. The van der Waals surface area contributed by atoms with Crippen LogP contribution in [0.1, 0.15) is 54.0 Å². The summed E-state index contributed by atoms with van der Waals surface area (Å²) in [6, 6.07) is 13.6. The Hall–Kier alpha value is -5.20. The quantitative estimate of drug-likeness (QED) is 0.300. The van der Waals surface area contributed by atoms with E-state index in [0.717, 1.165) is 24.1 Å². The minimum atomic E-state index is -1.09. The van der Waals surface area contributed by atoms with E-state index in [4.69, 9.17) is 9.15 Å². The third-order valence-corrected chi connectivity index (χ3v) is 9.74. The molecule has 0 saturated carbocycles. The predicted molar refractivity (Wildman–Crippen MR) is 174 cm³/mol. The number of rotatable bonds is 6. The summed E-state index contributed by atoms with van der Waals surface area (Å²) in [7, 11) is 0. The number of benzene rings is 2. The minimum Gasteiger partial charge on any atom is -0.436 e. The third kappa shape index (κ3) is 6.36. The number of carbonyl (C=O) groups excluding carboxylic acids is 3. The molecule has 0 spiro atoms. The summed E-state index contributed by atoms with van der Waals surface area (Å²) in [5.74, 6) is -1.06. The lowest BCUT2D eigenvalue weighted by Gasteiger charge is -2.40. The maximum Gasteiger partial charge on any atom is 0.417 e. The van der Waals surface area contributed by atoms with Gasteiger partial charge in [0.15, 0.2) is 11.7 Å². The number of likely N-dealkylation sites (tertiary alicyclic amines) is 2. The number of anilines is 1. The summed E-state index contributed by atoms with van der Waals surface area (Å²) in [6.45, 7) is 3.81. The average molecular weight is 657 g/mol. The minimum absolute atomic E-state index is 0.108. The molecule has 3 aliphatic rings. The maximum atomic E-state index is 14.2. The number of aryl methyl sites for hydroxylation is 1. The zero-order chi connectivity index (χ0) is 33.4. The Morgan fingerprint density at radius 1 is 1.02 bits per heavy atom. The van der Waals surface area contributed by atoms with Crippen LogP contribution in [0.2, 0.25) is 0 Å². The van der Waals surface area contributed by atoms with Crippen molar-refractivity contribution in [2.45, 2.75) is 63.6 Å². The number of amides is 4. The number of halogens is 1. The summed E-state index contributed by atoms with van der Waals surface area (Å²) in [5, 5.41) is 2.67. The van der Waals surface area contributed by atoms with Crippen LogP contribution in [0.5, 0.6) is 0 Å². The first-order chi connectivity index (χ1) is 23.2. The zero-order valence-electron chi connectivity index (χ0n) is 26.6. The summed E-state index contributed by atoms with van der Waals surface area (Å²) < 4.78 is 25.5. The van der Waals surface area contributed by atoms with Crippen molar-refractivity contribution in [3.8, 4) is 0 Å². The molecule has 2 aromatic heterocycles. The molecular weight excluding hydrogens is 619 g/mol. The Balaban J connectivity index is 1.03. The largest absolute Gasteiger partial charge is 0.436 e. The lowest BCUT2D eigenvalue weighted by atomic mass is 9.92. The van der Waals surface area contributed by atoms with Crippen molar-refractivity contribution in [3.63, 3.8) is 0 Å². The molecule has 7 rings (SSSR count). The van der Waals surface area contributed by atoms with Gasteiger partial charge in [0.1, 0.15) is 5.82 Å². The number of pyridine rings is 1. The van der Waals surface area contributed by atoms with Crippen LogP contribution in [-0.4, -0.2) is 81.0 Å². The number of ether oxygens (including phenoxy) is 1. The van der Waals surface area contributed by atoms with Crippen LogP contribution < -0.4 is 11.1 Å². The van der Waals surface area contributed by atoms with Crippen molar-refractivity contribution in [2.24, 2.45) is 0 Å². The number of H-pyrrole nitrogens is 1. The van der Waals surface area contributed by atoms with Gasteiger partial charge in [-0.15, -0.1) is 0 Å². The van der Waals surface area contributed by atoms with Gasteiger partial charge in [-0.3, -0.25) is 14.8 Å². The van der Waals surface area contributed by atoms with Gasteiger partial charge in [0.05, 0.1) is 11.2 Å². The molecule has 0 radical (unpaired) electrons. The number of oxazole rings is 1. The molecule has 4 aromatic rings. The molecule has 48 heavy (non-hydrogen) atoms. The van der Waals surface area contributed by atoms with E-state index >= 15 is 0 Å². The summed E-state index contributed by atoms with van der Waals surface area (Å²) >= 11 is 0. The van der Waals surface area contributed by atoms with Crippen LogP contribution in [0.3, 0.4) is 0 Å². The van der Waals surface area contributed by atoms with Gasteiger partial charge >= 0.3 is 17.9 Å². The monoisotopic (exact) mass is 656 g/mol. The predicted octanol–water partition coefficient (Wildman–Crippen LogP) is 4.93. The first-order valence-corrected chi connectivity index (χ1v) is 16.4. The number of carbonyl (C=O) groups is 3. The first kappa shape index (κ1) is 31.4. The molecule has 1 atom stereocenters. The number of hydrogen-bond donors (Lipinski definition) is 2. The van der Waals surface area contributed by atoms with Crippen molar-refractivity contribution in [1.82, 2.24) is 24.7 Å². The van der Waals surface area contributed by atoms with E-state index in [9.17, 15) is 23.6 Å². The van der Waals surface area contributed by atoms with Gasteiger partial charge in [-0.2, -0.15) is 0 Å². The van der Waals surface area contributed by atoms with Gasteiger partial charge in [-0.05, 0) is 73.6 Å². The standard InChI is InChI=1S/C35H37FN6O6/c1-21-17-22(18-28-30(21)39-34(45)47-28)19-29(32(43)40-13-8-23(9-14-40)27-7-2-3-12-37-27)48-35(46)41-15-10-25(11-16-41)42-20-24-5-4-6-26(36)31(24)38-33(42)44/h2-7,12,17-18,23,25,29H,8-11,13-16,19-20H2,1H3,(H,38,44)(H,39,45). The lowest BCUT2D eigenvalue weighted by Crippen LogP contribution is -2.52. The highest BCUT2D eigenvalue weighted by Crippen LogP contribution is 2.31. The number of fused-ring (bicyclic) bond motifs is 2. The van der Waals surface area contributed by atoms with Gasteiger partial charge in [0, 0.05) is 63.0 Å². The number of urea groups is 1. The molecule has 13 heteroatoms. The second kappa shape index (κ2) is 13.1. The normalized spacial score (nSPS) is 18.0. The Morgan fingerprint density at radius 3 is 2.54 bits per heavy atom. The highest BCUT2D eigenvalue weighted by atomic mass is 19.1. The van der Waals surface area contributed by atoms with Crippen LogP contribution in [0.25, 0.3) is 11.1 Å². The van der Waals surface area contributed by atoms with E-state index in [1.807, 2.05) is 31.2 Å². The molecular formula is C35H37FN6O6. The number of hydrogen-bond acceptors (Lipinski definition) is 7. The van der Waals surface area contributed by atoms with Crippen LogP contribution >= 0.6 is 0 Å². The second-order valence-electron chi connectivity index (χ2n) is 12.8. The fraction of sp³-hybridized carbons (Fsp3) is 0.400. The first-order valence-electron chi connectivity index (χ1n) is 16.4. The van der Waals surface area contributed by atoms with Crippen molar-refractivity contribution in [1.29, 1.82) is 0 Å². The SMILES string of the molecule is Cc1cc(CC(OC(=O)N2CCC(N3Cc4cccc(F)c4NC3=O)CC2)C(=O)N2CCC(c3ccccn3)CC2)cc2oc(=O)[nH]c12. The van der Waals surface area contributed by atoms with Crippen LogP contribution in [0.15, 0.2) is 63.9 Å². The van der Waals surface area contributed by atoms with Crippen LogP contribution in [0, 0.1) is 12.7 Å². The Kier molecular flexibility index (Phi) is 8.59. The number of nitrogens with one attached hydrogen (secondary N) is 2. The van der Waals surface area contributed by atoms with Crippen molar-refractivity contribution in [2.75, 3.05) is 31.5 Å². The van der Waals surface area contributed by atoms with E-state index in [2.05, 4.69) is 15.3 Å². The molecule has 2 saturated heterocycles. The number of aromatic amines is 1.